The van der Waals surface area contributed by atoms with E-state index < -0.39 is 0 Å². The number of unbranched alkanes of at least 4 members (excludes halogenated alkanes) is 1. The lowest BCUT2D eigenvalue weighted by atomic mass is 10.1. The topological polar surface area (TPSA) is 64.0 Å². The lowest BCUT2D eigenvalue weighted by molar-refractivity contribution is -0.116. The van der Waals surface area contributed by atoms with Crippen LogP contribution in [0.1, 0.15) is 48.3 Å². The van der Waals surface area contributed by atoms with Crippen molar-refractivity contribution in [2.45, 2.75) is 37.4 Å². The van der Waals surface area contributed by atoms with Crippen molar-refractivity contribution < 1.29 is 9.59 Å². The molecule has 1 aliphatic rings. The van der Waals surface area contributed by atoms with Gasteiger partial charge in [0, 0.05) is 48.1 Å². The molecule has 1 atom stereocenters. The molecule has 0 aliphatic carbocycles. The molecular weight excluding hydrogens is 366 g/mol. The molecule has 26 heavy (non-hydrogen) atoms. The zero-order chi connectivity index (χ0) is 18.4. The van der Waals surface area contributed by atoms with E-state index in [-0.39, 0.29) is 11.7 Å². The Hall–Kier alpha value is -1.73. The number of anilines is 1. The molecule has 1 N–H and O–H groups in total. The van der Waals surface area contributed by atoms with Crippen LogP contribution in [0.2, 0.25) is 0 Å². The second kappa shape index (κ2) is 9.28. The summed E-state index contributed by atoms with van der Waals surface area (Å²) in [6, 6.07) is 7.03. The van der Waals surface area contributed by atoms with E-state index in [1.165, 1.54) is 18.6 Å². The maximum atomic E-state index is 12.5. The molecule has 0 saturated carbocycles. The van der Waals surface area contributed by atoms with Crippen molar-refractivity contribution in [3.05, 3.63) is 48.0 Å². The zero-order valence-electron chi connectivity index (χ0n) is 14.8. The lowest BCUT2D eigenvalue weighted by Crippen LogP contribution is -2.13. The Bertz CT molecular complexity index is 770. The van der Waals surface area contributed by atoms with Crippen LogP contribution in [0.4, 0.5) is 5.69 Å². The molecule has 1 aromatic carbocycles. The number of ketones is 1. The Kier molecular flexibility index (Phi) is 6.80. The van der Waals surface area contributed by atoms with E-state index in [1.807, 2.05) is 21.6 Å². The Labute approximate surface area is 161 Å². The third-order valence-corrected chi connectivity index (χ3v) is 7.35. The molecule has 1 unspecified atom stereocenters. The average molecular weight is 390 g/mol. The number of hydrogen-bond acceptors (Lipinski definition) is 5. The van der Waals surface area contributed by atoms with Crippen molar-refractivity contribution >= 4 is 39.0 Å². The second-order valence-electron chi connectivity index (χ2n) is 6.39. The first-order valence-electron chi connectivity index (χ1n) is 8.83. The number of amides is 1. The summed E-state index contributed by atoms with van der Waals surface area (Å²) in [5.74, 6) is 1.49. The smallest absolute Gasteiger partial charge is 0.228 e. The number of hydrogen-bond donors (Lipinski definition) is 1. The number of aromatic nitrogens is 2. The Morgan fingerprint density at radius 2 is 2.23 bits per heavy atom. The van der Waals surface area contributed by atoms with E-state index >= 15 is 0 Å². The van der Waals surface area contributed by atoms with Crippen molar-refractivity contribution in [2.24, 2.45) is 7.05 Å². The molecule has 0 radical (unpaired) electrons. The fraction of sp³-hybridized carbons (Fsp3) is 0.421. The normalized spacial score (nSPS) is 16.6. The molecule has 1 fully saturated rings. The van der Waals surface area contributed by atoms with Gasteiger partial charge in [-0.2, -0.15) is 0 Å². The predicted octanol–water partition coefficient (Wildman–Crippen LogP) is 4.30. The number of carbonyl (C=O) groups excluding carboxylic acids is 2. The van der Waals surface area contributed by atoms with E-state index in [0.29, 0.717) is 23.5 Å². The van der Waals surface area contributed by atoms with E-state index in [2.05, 4.69) is 10.3 Å². The van der Waals surface area contributed by atoms with E-state index in [1.54, 1.807) is 48.3 Å². The van der Waals surface area contributed by atoms with Crippen LogP contribution in [-0.4, -0.2) is 32.2 Å². The van der Waals surface area contributed by atoms with Gasteiger partial charge in [-0.25, -0.2) is 4.98 Å². The van der Waals surface area contributed by atoms with E-state index in [4.69, 9.17) is 0 Å². The highest BCUT2D eigenvalue weighted by Crippen LogP contribution is 2.39. The van der Waals surface area contributed by atoms with Crippen LogP contribution >= 0.6 is 21.6 Å². The number of benzene rings is 1. The summed E-state index contributed by atoms with van der Waals surface area (Å²) in [7, 11) is 5.73. The molecule has 0 spiro atoms. The molecular formula is C19H23N3O2S2. The molecule has 0 bridgehead atoms. The van der Waals surface area contributed by atoms with Crippen molar-refractivity contribution in [3.8, 4) is 0 Å². The molecule has 2 aromatic rings. The monoisotopic (exact) mass is 389 g/mol. The fourth-order valence-corrected chi connectivity index (χ4v) is 5.92. The van der Waals surface area contributed by atoms with Gasteiger partial charge in [0.15, 0.2) is 5.82 Å². The van der Waals surface area contributed by atoms with Gasteiger partial charge < -0.3 is 9.88 Å². The largest absolute Gasteiger partial charge is 0.331 e. The maximum Gasteiger partial charge on any atom is 0.228 e. The second-order valence-corrected chi connectivity index (χ2v) is 9.18. The molecule has 5 nitrogen and oxygen atoms in total. The van der Waals surface area contributed by atoms with Crippen LogP contribution in [0.5, 0.6) is 0 Å². The summed E-state index contributed by atoms with van der Waals surface area (Å²) >= 11 is 0. The number of nitrogens with one attached hydrogen (secondary N) is 1. The highest BCUT2D eigenvalue weighted by molar-refractivity contribution is 8.77. The number of nitrogens with zero attached hydrogens (tertiary/aromatic N) is 2. The molecule has 1 aliphatic heterocycles. The third-order valence-electron chi connectivity index (χ3n) is 4.34. The first-order valence-corrected chi connectivity index (χ1v) is 11.2. The number of rotatable bonds is 8. The minimum atomic E-state index is -0.152. The van der Waals surface area contributed by atoms with Crippen molar-refractivity contribution in [1.29, 1.82) is 0 Å². The number of aryl methyl sites for hydroxylation is 1. The summed E-state index contributed by atoms with van der Waals surface area (Å²) in [5, 5.41) is 3.66. The summed E-state index contributed by atoms with van der Waals surface area (Å²) in [5.41, 5.74) is 1.17. The zero-order valence-corrected chi connectivity index (χ0v) is 16.4. The van der Waals surface area contributed by atoms with Crippen LogP contribution in [0, 0.1) is 0 Å². The lowest BCUT2D eigenvalue weighted by Gasteiger charge is -2.08. The van der Waals surface area contributed by atoms with Crippen LogP contribution in [0.25, 0.3) is 0 Å². The van der Waals surface area contributed by atoms with Crippen LogP contribution in [0.15, 0.2) is 36.7 Å². The minimum absolute atomic E-state index is 0.0000376. The van der Waals surface area contributed by atoms with Gasteiger partial charge in [0.25, 0.3) is 0 Å². The van der Waals surface area contributed by atoms with Crippen LogP contribution in [0.3, 0.4) is 0 Å². The van der Waals surface area contributed by atoms with Gasteiger partial charge in [-0.15, -0.1) is 0 Å². The third kappa shape index (κ3) is 5.14. The Morgan fingerprint density at radius 3 is 2.96 bits per heavy atom. The number of carbonyl (C=O) groups is 2. The van der Waals surface area contributed by atoms with Gasteiger partial charge in [0.2, 0.25) is 11.7 Å². The van der Waals surface area contributed by atoms with Crippen molar-refractivity contribution in [3.63, 3.8) is 0 Å². The molecule has 1 saturated heterocycles. The van der Waals surface area contributed by atoms with Gasteiger partial charge >= 0.3 is 0 Å². The predicted molar refractivity (Wildman–Crippen MR) is 109 cm³/mol. The van der Waals surface area contributed by atoms with Crippen LogP contribution in [-0.2, 0) is 11.8 Å². The SMILES string of the molecule is Cn1ccnc1C(=O)c1cccc(NC(=O)CCCCC2CCSS2)c1. The molecule has 138 valence electrons. The molecule has 7 heteroatoms. The van der Waals surface area contributed by atoms with Crippen molar-refractivity contribution in [1.82, 2.24) is 9.55 Å². The quantitative estimate of drug-likeness (QED) is 0.414. The summed E-state index contributed by atoms with van der Waals surface area (Å²) in [6.07, 6.45) is 8.32. The standard InChI is InChI=1S/C19H23N3O2S2/c1-22-11-10-20-19(22)18(24)14-5-4-6-15(13-14)21-17(23)8-3-2-7-16-9-12-25-26-16/h4-6,10-11,13,16H,2-3,7-9,12H2,1H3,(H,21,23). The minimum Gasteiger partial charge on any atom is -0.331 e. The van der Waals surface area contributed by atoms with E-state index in [9.17, 15) is 9.59 Å². The fourth-order valence-electron chi connectivity index (χ4n) is 2.90. The molecule has 1 amide bonds. The van der Waals surface area contributed by atoms with Crippen molar-refractivity contribution in [2.75, 3.05) is 11.1 Å². The molecule has 1 aromatic heterocycles. The first-order chi connectivity index (χ1) is 12.6. The molecule has 2 heterocycles. The summed E-state index contributed by atoms with van der Waals surface area (Å²) in [4.78, 5) is 28.7. The Balaban J connectivity index is 1.49. The highest BCUT2D eigenvalue weighted by atomic mass is 33.1. The molecule has 3 rings (SSSR count). The number of imidazole rings is 1. The van der Waals surface area contributed by atoms with E-state index in [0.717, 1.165) is 18.1 Å². The van der Waals surface area contributed by atoms with Gasteiger partial charge in [0.1, 0.15) is 0 Å². The van der Waals surface area contributed by atoms with Gasteiger partial charge in [-0.3, -0.25) is 9.59 Å². The summed E-state index contributed by atoms with van der Waals surface area (Å²) < 4.78 is 1.69. The van der Waals surface area contributed by atoms with Gasteiger partial charge in [-0.1, -0.05) is 40.1 Å². The Morgan fingerprint density at radius 1 is 1.35 bits per heavy atom. The van der Waals surface area contributed by atoms with Crippen LogP contribution < -0.4 is 5.32 Å². The maximum absolute atomic E-state index is 12.5. The first kappa shape index (κ1) is 19.0. The van der Waals surface area contributed by atoms with Gasteiger partial charge in [0.05, 0.1) is 0 Å². The van der Waals surface area contributed by atoms with Gasteiger partial charge in [-0.05, 0) is 31.4 Å². The highest BCUT2D eigenvalue weighted by Gasteiger charge is 2.16. The summed E-state index contributed by atoms with van der Waals surface area (Å²) in [6.45, 7) is 0. The average Bonchev–Trinajstić information content (AvgIpc) is 3.30.